The Morgan fingerprint density at radius 1 is 0.667 bits per heavy atom. The van der Waals surface area contributed by atoms with Crippen molar-refractivity contribution in [1.29, 1.82) is 0 Å². The Morgan fingerprint density at radius 2 is 1.08 bits per heavy atom. The summed E-state index contributed by atoms with van der Waals surface area (Å²) in [5, 5.41) is 27.0. The Balaban J connectivity index is 3.97. The molecule has 24 heavy (non-hydrogen) atoms. The van der Waals surface area contributed by atoms with Gasteiger partial charge in [0.2, 0.25) is 0 Å². The van der Waals surface area contributed by atoms with Crippen molar-refractivity contribution in [3.63, 3.8) is 0 Å². The topological polar surface area (TPSA) is 112 Å². The molecule has 0 saturated carbocycles. The number of unbranched alkanes of at least 4 members (excludes halogenated alkanes) is 4. The van der Waals surface area contributed by atoms with Gasteiger partial charge in [0.15, 0.2) is 0 Å². The molecule has 0 radical (unpaired) electrons. The second-order valence-corrected chi connectivity index (χ2v) is 6.49. The maximum absolute atomic E-state index is 11.3. The van der Waals surface area contributed by atoms with Gasteiger partial charge in [-0.3, -0.25) is 14.4 Å². The fourth-order valence-corrected chi connectivity index (χ4v) is 2.86. The number of carbonyl (C=O) groups is 3. The Bertz CT molecular complexity index is 380. The summed E-state index contributed by atoms with van der Waals surface area (Å²) in [5.74, 6) is -3.11. The van der Waals surface area contributed by atoms with Crippen LogP contribution in [0.3, 0.4) is 0 Å². The molecule has 6 heteroatoms. The average Bonchev–Trinajstić information content (AvgIpc) is 2.50. The van der Waals surface area contributed by atoms with Crippen molar-refractivity contribution in [2.45, 2.75) is 84.0 Å². The van der Waals surface area contributed by atoms with Gasteiger partial charge < -0.3 is 15.3 Å². The zero-order valence-electron chi connectivity index (χ0n) is 14.7. The minimum atomic E-state index is -0.819. The molecule has 0 aliphatic heterocycles. The van der Waals surface area contributed by atoms with Crippen LogP contribution in [0.2, 0.25) is 0 Å². The number of aliphatic carboxylic acids is 3. The summed E-state index contributed by atoms with van der Waals surface area (Å²) in [6, 6.07) is 0. The molecule has 3 N–H and O–H groups in total. The lowest BCUT2D eigenvalue weighted by atomic mass is 9.91. The molecule has 0 aromatic carbocycles. The molecule has 0 amide bonds. The van der Waals surface area contributed by atoms with E-state index in [4.69, 9.17) is 10.2 Å². The van der Waals surface area contributed by atoms with E-state index in [1.165, 1.54) is 0 Å². The minimum absolute atomic E-state index is 0.131. The summed E-state index contributed by atoms with van der Waals surface area (Å²) in [6.45, 7) is 2.03. The van der Waals surface area contributed by atoms with Crippen molar-refractivity contribution in [3.05, 3.63) is 0 Å². The number of carboxylic acid groups (broad SMARTS) is 3. The summed E-state index contributed by atoms with van der Waals surface area (Å²) in [6.07, 6.45) is 7.95. The number of rotatable bonds is 16. The van der Waals surface area contributed by atoms with Crippen molar-refractivity contribution < 1.29 is 29.7 Å². The van der Waals surface area contributed by atoms with Crippen LogP contribution >= 0.6 is 0 Å². The molecule has 0 aromatic rings. The van der Waals surface area contributed by atoms with Gasteiger partial charge in [-0.25, -0.2) is 0 Å². The molecular weight excluding hydrogens is 312 g/mol. The van der Waals surface area contributed by atoms with Gasteiger partial charge >= 0.3 is 17.9 Å². The number of hydrogen-bond donors (Lipinski definition) is 3. The van der Waals surface area contributed by atoms with Gasteiger partial charge in [0.25, 0.3) is 0 Å². The predicted molar refractivity (Wildman–Crippen MR) is 91.0 cm³/mol. The van der Waals surface area contributed by atoms with E-state index in [0.717, 1.165) is 38.5 Å². The van der Waals surface area contributed by atoms with E-state index >= 15 is 0 Å². The van der Waals surface area contributed by atoms with Crippen LogP contribution in [-0.2, 0) is 14.4 Å². The highest BCUT2D eigenvalue weighted by atomic mass is 16.4. The van der Waals surface area contributed by atoms with Crippen molar-refractivity contribution >= 4 is 17.9 Å². The van der Waals surface area contributed by atoms with E-state index in [-0.39, 0.29) is 12.3 Å². The lowest BCUT2D eigenvalue weighted by Gasteiger charge is -2.14. The highest BCUT2D eigenvalue weighted by molar-refractivity contribution is 5.70. The summed E-state index contributed by atoms with van der Waals surface area (Å²) in [5.41, 5.74) is 0. The zero-order valence-corrected chi connectivity index (χ0v) is 14.7. The fraction of sp³-hybridized carbons (Fsp3) is 0.833. The van der Waals surface area contributed by atoms with Gasteiger partial charge in [0.1, 0.15) is 0 Å². The van der Waals surface area contributed by atoms with Crippen LogP contribution < -0.4 is 0 Å². The summed E-state index contributed by atoms with van der Waals surface area (Å²) < 4.78 is 0. The summed E-state index contributed by atoms with van der Waals surface area (Å²) in [7, 11) is 0. The van der Waals surface area contributed by atoms with E-state index in [2.05, 4.69) is 0 Å². The maximum atomic E-state index is 11.3. The van der Waals surface area contributed by atoms with Gasteiger partial charge in [-0.2, -0.15) is 0 Å². The van der Waals surface area contributed by atoms with Gasteiger partial charge in [-0.05, 0) is 32.1 Å². The Hall–Kier alpha value is -1.59. The third-order valence-electron chi connectivity index (χ3n) is 4.40. The van der Waals surface area contributed by atoms with E-state index < -0.39 is 23.8 Å². The molecule has 2 atom stereocenters. The molecule has 0 rings (SSSR count). The fourth-order valence-electron chi connectivity index (χ4n) is 2.86. The first-order chi connectivity index (χ1) is 11.4. The van der Waals surface area contributed by atoms with Crippen LogP contribution in [0, 0.1) is 11.8 Å². The second kappa shape index (κ2) is 13.8. The van der Waals surface area contributed by atoms with E-state index in [1.807, 2.05) is 6.92 Å². The molecule has 0 spiro atoms. The van der Waals surface area contributed by atoms with Crippen LogP contribution in [0.4, 0.5) is 0 Å². The van der Waals surface area contributed by atoms with Gasteiger partial charge in [0.05, 0.1) is 11.8 Å². The predicted octanol–water partition coefficient (Wildman–Crippen LogP) is 4.17. The lowest BCUT2D eigenvalue weighted by Crippen LogP contribution is -2.15. The van der Waals surface area contributed by atoms with Crippen LogP contribution in [0.25, 0.3) is 0 Å². The van der Waals surface area contributed by atoms with Crippen LogP contribution in [0.1, 0.15) is 84.0 Å². The standard InChI is InChI=1S/C18H32O6/c1-2-3-9-14(17(21)22)11-7-8-12-15(18(23)24)10-5-4-6-13-16(19)20/h14-15H,2-13H2,1H3,(H,19,20)(H,21,22)(H,23,24). The Morgan fingerprint density at radius 3 is 1.46 bits per heavy atom. The molecule has 0 saturated heterocycles. The van der Waals surface area contributed by atoms with Crippen molar-refractivity contribution in [2.24, 2.45) is 11.8 Å². The zero-order chi connectivity index (χ0) is 18.4. The van der Waals surface area contributed by atoms with Gasteiger partial charge in [-0.1, -0.05) is 45.4 Å². The summed E-state index contributed by atoms with van der Waals surface area (Å²) >= 11 is 0. The van der Waals surface area contributed by atoms with Gasteiger partial charge in [-0.15, -0.1) is 0 Å². The monoisotopic (exact) mass is 344 g/mol. The van der Waals surface area contributed by atoms with E-state index in [9.17, 15) is 19.5 Å². The molecule has 0 aliphatic carbocycles. The minimum Gasteiger partial charge on any atom is -0.481 e. The Labute approximate surface area is 144 Å². The number of carboxylic acids is 3. The molecule has 0 aliphatic rings. The largest absolute Gasteiger partial charge is 0.481 e. The summed E-state index contributed by atoms with van der Waals surface area (Å²) in [4.78, 5) is 32.8. The molecule has 6 nitrogen and oxygen atoms in total. The quantitative estimate of drug-likeness (QED) is 0.362. The first-order valence-electron chi connectivity index (χ1n) is 9.05. The Kier molecular flexibility index (Phi) is 12.9. The third-order valence-corrected chi connectivity index (χ3v) is 4.40. The molecule has 0 bridgehead atoms. The van der Waals surface area contributed by atoms with E-state index in [1.54, 1.807) is 0 Å². The first kappa shape index (κ1) is 22.4. The van der Waals surface area contributed by atoms with Crippen molar-refractivity contribution in [2.75, 3.05) is 0 Å². The lowest BCUT2D eigenvalue weighted by molar-refractivity contribution is -0.143. The van der Waals surface area contributed by atoms with Gasteiger partial charge in [0, 0.05) is 6.42 Å². The van der Waals surface area contributed by atoms with Crippen LogP contribution in [-0.4, -0.2) is 33.2 Å². The normalized spacial score (nSPS) is 13.4. The first-order valence-corrected chi connectivity index (χ1v) is 9.05. The molecule has 0 heterocycles. The second-order valence-electron chi connectivity index (χ2n) is 6.49. The SMILES string of the molecule is CCCCC(CCCCC(CCCCCC(=O)O)C(=O)O)C(=O)O. The molecule has 140 valence electrons. The highest BCUT2D eigenvalue weighted by Crippen LogP contribution is 2.21. The van der Waals surface area contributed by atoms with Crippen molar-refractivity contribution in [3.8, 4) is 0 Å². The van der Waals surface area contributed by atoms with Crippen LogP contribution in [0.5, 0.6) is 0 Å². The molecule has 0 fully saturated rings. The highest BCUT2D eigenvalue weighted by Gasteiger charge is 2.19. The third kappa shape index (κ3) is 11.9. The molecular formula is C18H32O6. The average molecular weight is 344 g/mol. The maximum Gasteiger partial charge on any atom is 0.306 e. The van der Waals surface area contributed by atoms with E-state index in [0.29, 0.717) is 32.1 Å². The van der Waals surface area contributed by atoms with Crippen molar-refractivity contribution in [1.82, 2.24) is 0 Å². The molecule has 0 aromatic heterocycles. The smallest absolute Gasteiger partial charge is 0.306 e. The number of hydrogen-bond acceptors (Lipinski definition) is 3. The molecule has 2 unspecified atom stereocenters. The van der Waals surface area contributed by atoms with Crippen LogP contribution in [0.15, 0.2) is 0 Å².